The highest BCUT2D eigenvalue weighted by Gasteiger charge is 2.25. The van der Waals surface area contributed by atoms with Crippen LogP contribution >= 0.6 is 15.9 Å². The van der Waals surface area contributed by atoms with Crippen LogP contribution in [0.25, 0.3) is 0 Å². The molecule has 0 saturated heterocycles. The van der Waals surface area contributed by atoms with Gasteiger partial charge in [-0.25, -0.2) is 0 Å². The van der Waals surface area contributed by atoms with Crippen molar-refractivity contribution in [2.24, 2.45) is 0 Å². The van der Waals surface area contributed by atoms with E-state index in [0.29, 0.717) is 11.9 Å². The quantitative estimate of drug-likeness (QED) is 0.563. The minimum absolute atomic E-state index is 0.00903. The van der Waals surface area contributed by atoms with Crippen LogP contribution in [0.5, 0.6) is 0 Å². The zero-order valence-corrected chi connectivity index (χ0v) is 6.93. The summed E-state index contributed by atoms with van der Waals surface area (Å²) in [4.78, 5) is 0. The maximum Gasteiger partial charge on any atom is 0.390 e. The fraction of sp³-hybridized carbons (Fsp3) is 1.00. The summed E-state index contributed by atoms with van der Waals surface area (Å²) in [5.41, 5.74) is 0. The van der Waals surface area contributed by atoms with Gasteiger partial charge in [0.05, 0.1) is 6.42 Å². The molecule has 0 radical (unpaired) electrons. The van der Waals surface area contributed by atoms with Crippen LogP contribution in [0.4, 0.5) is 13.2 Å². The average Bonchev–Trinajstić information content (AvgIpc) is 1.78. The second-order valence-corrected chi connectivity index (χ2v) is 2.60. The Kier molecular flexibility index (Phi) is 5.07. The van der Waals surface area contributed by atoms with Crippen molar-refractivity contribution in [2.75, 3.05) is 18.4 Å². The van der Waals surface area contributed by atoms with Gasteiger partial charge in [-0.15, -0.1) is 0 Å². The van der Waals surface area contributed by atoms with E-state index >= 15 is 0 Å². The lowest BCUT2D eigenvalue weighted by Gasteiger charge is -2.05. The molecule has 0 rings (SSSR count). The minimum atomic E-state index is -4.03. The van der Waals surface area contributed by atoms with Crippen molar-refractivity contribution < 1.29 is 13.2 Å². The maximum absolute atomic E-state index is 11.4. The molecule has 0 heterocycles. The number of hydrogen-bond donors (Lipinski definition) is 1. The normalized spacial score (nSPS) is 12.0. The van der Waals surface area contributed by atoms with Crippen LogP contribution in [0.3, 0.4) is 0 Å². The lowest BCUT2D eigenvalue weighted by Crippen LogP contribution is -2.23. The molecule has 0 atom stereocenters. The Morgan fingerprint density at radius 3 is 2.20 bits per heavy atom. The summed E-state index contributed by atoms with van der Waals surface area (Å²) in [5, 5.41) is 3.31. The summed E-state index contributed by atoms with van der Waals surface area (Å²) in [7, 11) is 0. The first-order chi connectivity index (χ1) is 4.56. The van der Waals surface area contributed by atoms with Crippen molar-refractivity contribution in [3.05, 3.63) is 0 Å². The van der Waals surface area contributed by atoms with E-state index in [1.165, 1.54) is 0 Å². The van der Waals surface area contributed by atoms with Crippen molar-refractivity contribution in [3.63, 3.8) is 0 Å². The topological polar surface area (TPSA) is 12.0 Å². The fourth-order valence-corrected chi connectivity index (χ4v) is 0.702. The molecule has 0 spiro atoms. The average molecular weight is 220 g/mol. The Hall–Kier alpha value is 0.230. The Morgan fingerprint density at radius 1 is 1.20 bits per heavy atom. The van der Waals surface area contributed by atoms with Crippen LogP contribution in [-0.2, 0) is 0 Å². The SMILES string of the molecule is FC(F)(F)CCNCCBr. The van der Waals surface area contributed by atoms with Gasteiger partial charge in [-0.3, -0.25) is 0 Å². The van der Waals surface area contributed by atoms with Crippen molar-refractivity contribution in [1.82, 2.24) is 5.32 Å². The summed E-state index contributed by atoms with van der Waals surface area (Å²) < 4.78 is 34.3. The molecule has 0 aromatic rings. The van der Waals surface area contributed by atoms with Crippen LogP contribution < -0.4 is 5.32 Å². The zero-order chi connectivity index (χ0) is 8.04. The van der Waals surface area contributed by atoms with Gasteiger partial charge in [-0.2, -0.15) is 13.2 Å². The predicted molar refractivity (Wildman–Crippen MR) is 37.3 cm³/mol. The number of halogens is 4. The Balaban J connectivity index is 3.04. The number of nitrogens with one attached hydrogen (secondary N) is 1. The molecule has 5 heteroatoms. The van der Waals surface area contributed by atoms with Gasteiger partial charge in [0, 0.05) is 18.4 Å². The lowest BCUT2D eigenvalue weighted by molar-refractivity contribution is -0.133. The minimum Gasteiger partial charge on any atom is -0.316 e. The Bertz CT molecular complexity index is 83.5. The van der Waals surface area contributed by atoms with Gasteiger partial charge >= 0.3 is 6.18 Å². The molecule has 0 unspecified atom stereocenters. The van der Waals surface area contributed by atoms with Crippen molar-refractivity contribution >= 4 is 15.9 Å². The molecule has 0 aliphatic rings. The Morgan fingerprint density at radius 2 is 1.80 bits per heavy atom. The van der Waals surface area contributed by atoms with Crippen LogP contribution in [0.2, 0.25) is 0 Å². The zero-order valence-electron chi connectivity index (χ0n) is 5.34. The third-order valence-corrected chi connectivity index (χ3v) is 1.25. The smallest absolute Gasteiger partial charge is 0.316 e. The molecule has 0 aromatic carbocycles. The molecule has 0 aromatic heterocycles. The molecule has 1 nitrogen and oxygen atoms in total. The largest absolute Gasteiger partial charge is 0.390 e. The van der Waals surface area contributed by atoms with E-state index in [9.17, 15) is 13.2 Å². The molecule has 10 heavy (non-hydrogen) atoms. The number of rotatable bonds is 4. The van der Waals surface area contributed by atoms with Gasteiger partial charge in [0.15, 0.2) is 0 Å². The van der Waals surface area contributed by atoms with Gasteiger partial charge in [-0.1, -0.05) is 15.9 Å². The standard InChI is InChI=1S/C5H9BrF3N/c6-2-4-10-3-1-5(7,8)9/h10H,1-4H2. The summed E-state index contributed by atoms with van der Waals surface area (Å²) in [6, 6.07) is 0. The van der Waals surface area contributed by atoms with Gasteiger partial charge < -0.3 is 5.32 Å². The first-order valence-electron chi connectivity index (χ1n) is 2.89. The van der Waals surface area contributed by atoms with E-state index in [2.05, 4.69) is 21.2 Å². The molecule has 62 valence electrons. The predicted octanol–water partition coefficient (Wildman–Crippen LogP) is 1.92. The lowest BCUT2D eigenvalue weighted by atomic mass is 10.4. The second kappa shape index (κ2) is 4.96. The molecule has 0 aliphatic carbocycles. The Labute approximate surface area is 66.1 Å². The number of hydrogen-bond acceptors (Lipinski definition) is 1. The third kappa shape index (κ3) is 8.23. The monoisotopic (exact) mass is 219 g/mol. The molecule has 1 N–H and O–H groups in total. The number of alkyl halides is 4. The van der Waals surface area contributed by atoms with E-state index in [1.54, 1.807) is 0 Å². The first-order valence-corrected chi connectivity index (χ1v) is 4.02. The van der Waals surface area contributed by atoms with E-state index in [-0.39, 0.29) is 6.54 Å². The highest BCUT2D eigenvalue weighted by molar-refractivity contribution is 9.09. The summed E-state index contributed by atoms with van der Waals surface area (Å²) in [6.45, 7) is 0.588. The molecule has 0 bridgehead atoms. The summed E-state index contributed by atoms with van der Waals surface area (Å²) in [6.07, 6.45) is -4.78. The van der Waals surface area contributed by atoms with Crippen molar-refractivity contribution in [1.29, 1.82) is 0 Å². The molecular formula is C5H9BrF3N. The van der Waals surface area contributed by atoms with Crippen LogP contribution in [0.15, 0.2) is 0 Å². The van der Waals surface area contributed by atoms with Crippen molar-refractivity contribution in [2.45, 2.75) is 12.6 Å². The van der Waals surface area contributed by atoms with Gasteiger partial charge in [0.2, 0.25) is 0 Å². The van der Waals surface area contributed by atoms with E-state index in [1.807, 2.05) is 0 Å². The van der Waals surface area contributed by atoms with Crippen molar-refractivity contribution in [3.8, 4) is 0 Å². The van der Waals surface area contributed by atoms with Crippen LogP contribution in [0.1, 0.15) is 6.42 Å². The molecule has 0 aliphatic heterocycles. The highest BCUT2D eigenvalue weighted by atomic mass is 79.9. The van der Waals surface area contributed by atoms with E-state index in [4.69, 9.17) is 0 Å². The molecule has 0 saturated carbocycles. The van der Waals surface area contributed by atoms with Gasteiger partial charge in [0.1, 0.15) is 0 Å². The van der Waals surface area contributed by atoms with Gasteiger partial charge in [-0.05, 0) is 0 Å². The molecular weight excluding hydrogens is 211 g/mol. The first kappa shape index (κ1) is 10.2. The molecule has 0 fully saturated rings. The van der Waals surface area contributed by atoms with Gasteiger partial charge in [0.25, 0.3) is 0 Å². The summed E-state index contributed by atoms with van der Waals surface area (Å²) in [5.74, 6) is 0. The summed E-state index contributed by atoms with van der Waals surface area (Å²) >= 11 is 3.09. The van der Waals surface area contributed by atoms with E-state index in [0.717, 1.165) is 0 Å². The van der Waals surface area contributed by atoms with Crippen LogP contribution in [-0.4, -0.2) is 24.6 Å². The maximum atomic E-state index is 11.4. The van der Waals surface area contributed by atoms with E-state index < -0.39 is 12.6 Å². The fourth-order valence-electron chi connectivity index (χ4n) is 0.422. The third-order valence-electron chi connectivity index (χ3n) is 0.857. The highest BCUT2D eigenvalue weighted by Crippen LogP contribution is 2.17. The van der Waals surface area contributed by atoms with Crippen LogP contribution in [0, 0.1) is 0 Å². The molecule has 0 amide bonds. The second-order valence-electron chi connectivity index (χ2n) is 1.80.